The predicted molar refractivity (Wildman–Crippen MR) is 38.5 cm³/mol. The maximum Gasteiger partial charge on any atom is 0.248 e. The van der Waals surface area contributed by atoms with Gasteiger partial charge in [0.25, 0.3) is 0 Å². The largest absolute Gasteiger partial charge is 0.366 e. The van der Waals surface area contributed by atoms with Crippen LogP contribution in [0.4, 0.5) is 0 Å². The van der Waals surface area contributed by atoms with E-state index in [9.17, 15) is 4.79 Å². The van der Waals surface area contributed by atoms with E-state index in [1.165, 1.54) is 0 Å². The summed E-state index contributed by atoms with van der Waals surface area (Å²) in [5.74, 6) is -0.392. The van der Waals surface area contributed by atoms with Gasteiger partial charge in [-0.05, 0) is 30.7 Å². The predicted octanol–water partition coefficient (Wildman–Crippen LogP) is 0.894. The third-order valence-corrected chi connectivity index (χ3v) is 1.23. The maximum atomic E-state index is 10.6. The third-order valence-electron chi connectivity index (χ3n) is 1.23. The van der Waals surface area contributed by atoms with Crippen molar-refractivity contribution in [2.75, 3.05) is 0 Å². The van der Waals surface area contributed by atoms with Crippen molar-refractivity contribution in [3.05, 3.63) is 35.4 Å². The highest BCUT2D eigenvalue weighted by Gasteiger charge is 1.97. The second kappa shape index (κ2) is 2.52. The molecule has 0 bridgehead atoms. The SMILES string of the molecule is Cc1[c]ccc(C(N)=O)c1. The Kier molecular flexibility index (Phi) is 1.71. The van der Waals surface area contributed by atoms with Crippen LogP contribution in [0.2, 0.25) is 0 Å². The van der Waals surface area contributed by atoms with Crippen molar-refractivity contribution in [1.29, 1.82) is 0 Å². The topological polar surface area (TPSA) is 43.1 Å². The highest BCUT2D eigenvalue weighted by Crippen LogP contribution is 2.00. The maximum absolute atomic E-state index is 10.6. The Hall–Kier alpha value is -1.31. The smallest absolute Gasteiger partial charge is 0.248 e. The molecule has 2 N–H and O–H groups in total. The Balaban J connectivity index is 3.07. The summed E-state index contributed by atoms with van der Waals surface area (Å²) in [7, 11) is 0. The Morgan fingerprint density at radius 3 is 2.80 bits per heavy atom. The summed E-state index contributed by atoms with van der Waals surface area (Å²) in [5, 5.41) is 0. The van der Waals surface area contributed by atoms with Crippen LogP contribution in [0.3, 0.4) is 0 Å². The molecule has 0 fully saturated rings. The Morgan fingerprint density at radius 1 is 1.70 bits per heavy atom. The van der Waals surface area contributed by atoms with Crippen LogP contribution < -0.4 is 5.73 Å². The molecule has 2 heteroatoms. The molecule has 0 aliphatic heterocycles. The number of benzene rings is 1. The highest BCUT2D eigenvalue weighted by molar-refractivity contribution is 5.92. The van der Waals surface area contributed by atoms with E-state index in [4.69, 9.17) is 5.73 Å². The lowest BCUT2D eigenvalue weighted by Gasteiger charge is -1.94. The average molecular weight is 134 g/mol. The lowest BCUT2D eigenvalue weighted by molar-refractivity contribution is 0.1000. The van der Waals surface area contributed by atoms with Crippen LogP contribution in [0.25, 0.3) is 0 Å². The molecule has 1 radical (unpaired) electrons. The highest BCUT2D eigenvalue weighted by atomic mass is 16.1. The van der Waals surface area contributed by atoms with Crippen LogP contribution >= 0.6 is 0 Å². The number of carbonyl (C=O) groups excluding carboxylic acids is 1. The quantitative estimate of drug-likeness (QED) is 0.609. The number of carbonyl (C=O) groups is 1. The minimum atomic E-state index is -0.392. The molecule has 0 aliphatic carbocycles. The van der Waals surface area contributed by atoms with Gasteiger partial charge in [0.05, 0.1) is 0 Å². The lowest BCUT2D eigenvalue weighted by Crippen LogP contribution is -2.10. The van der Waals surface area contributed by atoms with Gasteiger partial charge in [-0.2, -0.15) is 0 Å². The molecule has 10 heavy (non-hydrogen) atoms. The van der Waals surface area contributed by atoms with E-state index in [1.54, 1.807) is 18.2 Å². The Bertz CT molecular complexity index is 255. The van der Waals surface area contributed by atoms with Crippen molar-refractivity contribution in [2.45, 2.75) is 6.92 Å². The van der Waals surface area contributed by atoms with Crippen molar-refractivity contribution in [3.63, 3.8) is 0 Å². The number of nitrogens with two attached hydrogens (primary N) is 1. The lowest BCUT2D eigenvalue weighted by atomic mass is 10.1. The molecule has 51 valence electrons. The van der Waals surface area contributed by atoms with E-state index >= 15 is 0 Å². The molecule has 0 unspecified atom stereocenters. The van der Waals surface area contributed by atoms with E-state index in [-0.39, 0.29) is 0 Å². The van der Waals surface area contributed by atoms with Gasteiger partial charge in [-0.15, -0.1) is 0 Å². The zero-order valence-electron chi connectivity index (χ0n) is 5.72. The molecule has 0 atom stereocenters. The Labute approximate surface area is 59.7 Å². The van der Waals surface area contributed by atoms with Gasteiger partial charge in [0, 0.05) is 5.56 Å². The van der Waals surface area contributed by atoms with Gasteiger partial charge in [0.1, 0.15) is 0 Å². The van der Waals surface area contributed by atoms with E-state index < -0.39 is 5.91 Å². The summed E-state index contributed by atoms with van der Waals surface area (Å²) < 4.78 is 0. The molecule has 1 aromatic carbocycles. The normalized spacial score (nSPS) is 9.30. The molecule has 0 saturated heterocycles. The third kappa shape index (κ3) is 1.35. The molecular weight excluding hydrogens is 126 g/mol. The first-order valence-electron chi connectivity index (χ1n) is 2.98. The first-order valence-corrected chi connectivity index (χ1v) is 2.98. The fourth-order valence-electron chi connectivity index (χ4n) is 0.739. The summed E-state index contributed by atoms with van der Waals surface area (Å²) in [6, 6.07) is 7.97. The number of aryl methyl sites for hydroxylation is 1. The number of rotatable bonds is 1. The zero-order valence-corrected chi connectivity index (χ0v) is 5.72. The molecule has 2 nitrogen and oxygen atoms in total. The van der Waals surface area contributed by atoms with Gasteiger partial charge in [0.2, 0.25) is 5.91 Å². The second-order valence-electron chi connectivity index (χ2n) is 2.12. The molecule has 1 rings (SSSR count). The molecule has 0 aromatic heterocycles. The van der Waals surface area contributed by atoms with E-state index in [0.29, 0.717) is 5.56 Å². The monoisotopic (exact) mass is 134 g/mol. The molecule has 0 spiro atoms. The first kappa shape index (κ1) is 6.81. The van der Waals surface area contributed by atoms with E-state index in [1.807, 2.05) is 6.92 Å². The van der Waals surface area contributed by atoms with Crippen molar-refractivity contribution in [2.24, 2.45) is 5.73 Å². The zero-order chi connectivity index (χ0) is 7.56. The summed E-state index contributed by atoms with van der Waals surface area (Å²) >= 11 is 0. The second-order valence-corrected chi connectivity index (χ2v) is 2.12. The van der Waals surface area contributed by atoms with Gasteiger partial charge in [-0.25, -0.2) is 0 Å². The van der Waals surface area contributed by atoms with Crippen LogP contribution in [0.1, 0.15) is 15.9 Å². The van der Waals surface area contributed by atoms with Gasteiger partial charge in [-0.3, -0.25) is 4.79 Å². The van der Waals surface area contributed by atoms with Crippen molar-refractivity contribution < 1.29 is 4.79 Å². The van der Waals surface area contributed by atoms with Gasteiger partial charge >= 0.3 is 0 Å². The van der Waals surface area contributed by atoms with Gasteiger partial charge < -0.3 is 5.73 Å². The first-order chi connectivity index (χ1) is 4.70. The number of amides is 1. The van der Waals surface area contributed by atoms with Crippen LogP contribution in [-0.2, 0) is 0 Å². The molecule has 1 amide bonds. The van der Waals surface area contributed by atoms with Crippen molar-refractivity contribution in [1.82, 2.24) is 0 Å². The summed E-state index contributed by atoms with van der Waals surface area (Å²) in [6.07, 6.45) is 0. The summed E-state index contributed by atoms with van der Waals surface area (Å²) in [5.41, 5.74) is 6.50. The van der Waals surface area contributed by atoms with Crippen LogP contribution in [0.5, 0.6) is 0 Å². The summed E-state index contributed by atoms with van der Waals surface area (Å²) in [4.78, 5) is 10.6. The van der Waals surface area contributed by atoms with Crippen molar-refractivity contribution >= 4 is 5.91 Å². The molecule has 0 aliphatic rings. The van der Waals surface area contributed by atoms with E-state index in [2.05, 4.69) is 6.07 Å². The molecule has 0 saturated carbocycles. The van der Waals surface area contributed by atoms with Crippen LogP contribution in [0, 0.1) is 13.0 Å². The fraction of sp³-hybridized carbons (Fsp3) is 0.125. The molecule has 1 aromatic rings. The van der Waals surface area contributed by atoms with Crippen LogP contribution in [0.15, 0.2) is 18.2 Å². The number of hydrogen-bond acceptors (Lipinski definition) is 1. The number of primary amides is 1. The van der Waals surface area contributed by atoms with Gasteiger partial charge in [-0.1, -0.05) is 6.07 Å². The summed E-state index contributed by atoms with van der Waals surface area (Å²) in [6.45, 7) is 1.87. The minimum Gasteiger partial charge on any atom is -0.366 e. The average Bonchev–Trinajstić information content (AvgIpc) is 1.88. The van der Waals surface area contributed by atoms with Crippen molar-refractivity contribution in [3.8, 4) is 0 Å². The number of hydrogen-bond donors (Lipinski definition) is 1. The van der Waals surface area contributed by atoms with E-state index in [0.717, 1.165) is 5.56 Å². The molecule has 0 heterocycles. The minimum absolute atomic E-state index is 0.392. The van der Waals surface area contributed by atoms with Gasteiger partial charge in [0.15, 0.2) is 0 Å². The Morgan fingerprint density at radius 2 is 2.40 bits per heavy atom. The molecular formula is C8H8NO. The fourth-order valence-corrected chi connectivity index (χ4v) is 0.739. The standard InChI is InChI=1S/C8H8NO/c1-6-3-2-4-7(5-6)8(9)10/h2,4-5H,1H3,(H2,9,10). The van der Waals surface area contributed by atoms with Crippen LogP contribution in [-0.4, -0.2) is 5.91 Å².